The first-order chi connectivity index (χ1) is 21.0. The maximum absolute atomic E-state index is 14.1. The Labute approximate surface area is 293 Å². The molecule has 0 aliphatic carbocycles. The molecule has 5 rings (SSSR count). The number of benzene rings is 2. The molecular formula is C35H39ClF3N2O3U-. The molecule has 0 amide bonds. The van der Waals surface area contributed by atoms with Gasteiger partial charge in [0.05, 0.1) is 18.1 Å². The first-order valence-corrected chi connectivity index (χ1v) is 14.9. The molecule has 45 heavy (non-hydrogen) atoms. The first kappa shape index (κ1) is 38.8. The molecule has 0 bridgehead atoms. The van der Waals surface area contributed by atoms with E-state index in [1.165, 1.54) is 43.4 Å². The van der Waals surface area contributed by atoms with Crippen molar-refractivity contribution in [3.63, 3.8) is 0 Å². The third-order valence-corrected chi connectivity index (χ3v) is 7.56. The third-order valence-electron chi connectivity index (χ3n) is 7.33. The fourth-order valence-electron chi connectivity index (χ4n) is 4.42. The van der Waals surface area contributed by atoms with E-state index < -0.39 is 17.5 Å². The predicted molar refractivity (Wildman–Crippen MR) is 169 cm³/mol. The second kappa shape index (κ2) is 19.3. The summed E-state index contributed by atoms with van der Waals surface area (Å²) in [5.74, 6) is -1.66. The number of nitrogens with zero attached hydrogens (tertiary/aromatic N) is 2. The molecule has 2 aromatic carbocycles. The number of hydrogen-bond donors (Lipinski definition) is 0. The van der Waals surface area contributed by atoms with E-state index in [0.29, 0.717) is 27.9 Å². The van der Waals surface area contributed by atoms with Gasteiger partial charge in [-0.05, 0) is 69.9 Å². The van der Waals surface area contributed by atoms with Gasteiger partial charge in [-0.3, -0.25) is 9.29 Å². The molecule has 1 atom stereocenters. The van der Waals surface area contributed by atoms with Crippen molar-refractivity contribution < 1.29 is 58.6 Å². The molecule has 3 aromatic rings. The molecule has 0 radical (unpaired) electrons. The molecule has 0 spiro atoms. The number of aryl methyl sites for hydroxylation is 1. The van der Waals surface area contributed by atoms with E-state index in [4.69, 9.17) is 21.1 Å². The second-order valence-electron chi connectivity index (χ2n) is 10.8. The van der Waals surface area contributed by atoms with Gasteiger partial charge in [0.15, 0.2) is 5.82 Å². The zero-order valence-corrected chi connectivity index (χ0v) is 31.1. The zero-order valence-electron chi connectivity index (χ0n) is 26.2. The summed E-state index contributed by atoms with van der Waals surface area (Å²) in [6.45, 7) is 15.0. The molecule has 2 aliphatic heterocycles. The molecule has 2 aliphatic rings. The number of aromatic nitrogens is 1. The van der Waals surface area contributed by atoms with Crippen LogP contribution >= 0.6 is 11.6 Å². The van der Waals surface area contributed by atoms with Crippen molar-refractivity contribution in [3.05, 3.63) is 111 Å². The van der Waals surface area contributed by atoms with Crippen molar-refractivity contribution in [1.29, 1.82) is 0 Å². The van der Waals surface area contributed by atoms with Gasteiger partial charge in [-0.25, -0.2) is 13.8 Å². The van der Waals surface area contributed by atoms with Crippen molar-refractivity contribution in [1.82, 2.24) is 9.88 Å². The molecule has 240 valence electrons. The molecule has 0 N–H and O–H groups in total. The van der Waals surface area contributed by atoms with E-state index >= 15 is 0 Å². The zero-order chi connectivity index (χ0) is 32.2. The van der Waals surface area contributed by atoms with Crippen molar-refractivity contribution in [2.45, 2.75) is 59.7 Å². The van der Waals surface area contributed by atoms with Gasteiger partial charge in [-0.15, -0.1) is 11.6 Å². The van der Waals surface area contributed by atoms with Gasteiger partial charge in [-0.1, -0.05) is 53.9 Å². The molecule has 5 nitrogen and oxygen atoms in total. The standard InChI is InChI=1S/C21H21ClF2N2O.C9H8FO.C5H10O.U/c1-14(2)12-26-9-7-15(8-10-26)20-6-5-18(23)21(25-20)27-13-16-3-4-17(22)11-19(16)24;1-6-3-4-8(5-11)9(10)7(6)2;1-2-5-3-4-6-5;/h3-7,11H,1,8-10,12-13H2,2H3;3-4H,1-2H3;5H,2-4H2,1H3;/q;-1;;. The van der Waals surface area contributed by atoms with Crippen LogP contribution in [0.15, 0.2) is 60.7 Å². The molecule has 1 fully saturated rings. The summed E-state index contributed by atoms with van der Waals surface area (Å²) in [7, 11) is 0. The largest absolute Gasteiger partial charge is 0.471 e. The Hall–Kier alpha value is -2.41. The fourth-order valence-corrected chi connectivity index (χ4v) is 4.58. The second-order valence-corrected chi connectivity index (χ2v) is 11.3. The molecule has 3 heterocycles. The fraction of sp³-hybridized carbons (Fsp3) is 0.371. The number of rotatable bonds is 8. The van der Waals surface area contributed by atoms with Crippen LogP contribution in [0.25, 0.3) is 5.57 Å². The number of ether oxygens (including phenoxy) is 2. The van der Waals surface area contributed by atoms with Gasteiger partial charge in [-0.2, -0.15) is 6.07 Å². The normalized spacial score (nSPS) is 15.6. The van der Waals surface area contributed by atoms with E-state index in [2.05, 4.69) is 29.5 Å². The maximum atomic E-state index is 14.1. The van der Waals surface area contributed by atoms with Gasteiger partial charge in [0, 0.05) is 73.8 Å². The molecule has 10 heteroatoms. The average Bonchev–Trinajstić information content (AvgIpc) is 2.97. The molecule has 1 aromatic heterocycles. The Balaban J connectivity index is 0.000000320. The summed E-state index contributed by atoms with van der Waals surface area (Å²) in [5, 5.41) is 0.299. The molecule has 1 saturated heterocycles. The monoisotopic (exact) mass is 865 g/mol. The number of carbonyl (C=O) groups excluding carboxylic acids is 1. The number of halogens is 4. The Kier molecular flexibility index (Phi) is 16.6. The van der Waals surface area contributed by atoms with Crippen LogP contribution in [-0.2, 0) is 16.1 Å². The smallest absolute Gasteiger partial charge is 0.251 e. The Bertz CT molecular complexity index is 1480. The van der Waals surface area contributed by atoms with Crippen LogP contribution in [0, 0.1) is 62.4 Å². The molecular weight excluding hydrogens is 827 g/mol. The van der Waals surface area contributed by atoms with Crippen LogP contribution in [0.4, 0.5) is 13.2 Å². The van der Waals surface area contributed by atoms with Gasteiger partial charge in [0.1, 0.15) is 12.4 Å². The quantitative estimate of drug-likeness (QED) is 0.169. The summed E-state index contributed by atoms with van der Waals surface area (Å²) in [5.41, 5.74) is 4.52. The van der Waals surface area contributed by atoms with Crippen LogP contribution in [0.3, 0.4) is 0 Å². The van der Waals surface area contributed by atoms with Crippen molar-refractivity contribution in [2.75, 3.05) is 26.2 Å². The summed E-state index contributed by atoms with van der Waals surface area (Å²) in [6, 6.07) is 10.4. The topological polar surface area (TPSA) is 51.7 Å². The first-order valence-electron chi connectivity index (χ1n) is 14.6. The minimum Gasteiger partial charge on any atom is -0.471 e. The number of pyridine rings is 1. The summed E-state index contributed by atoms with van der Waals surface area (Å²) in [4.78, 5) is 16.7. The summed E-state index contributed by atoms with van der Waals surface area (Å²) >= 11 is 5.74. The van der Waals surface area contributed by atoms with E-state index in [-0.39, 0.29) is 49.2 Å². The Morgan fingerprint density at radius 2 is 1.89 bits per heavy atom. The van der Waals surface area contributed by atoms with Crippen LogP contribution in [0.1, 0.15) is 61.1 Å². The van der Waals surface area contributed by atoms with Gasteiger partial charge < -0.3 is 14.3 Å². The van der Waals surface area contributed by atoms with E-state index in [1.54, 1.807) is 32.0 Å². The third kappa shape index (κ3) is 12.0. The molecule has 1 unspecified atom stereocenters. The minimum absolute atomic E-state index is 0. The van der Waals surface area contributed by atoms with Crippen LogP contribution in [0.5, 0.6) is 5.88 Å². The predicted octanol–water partition coefficient (Wildman–Crippen LogP) is 8.34. The van der Waals surface area contributed by atoms with Crippen molar-refractivity contribution in [2.24, 2.45) is 0 Å². The number of hydrogen-bond acceptors (Lipinski definition) is 5. The maximum Gasteiger partial charge on any atom is 0.251 e. The molecule has 0 saturated carbocycles. The minimum atomic E-state index is -0.576. The SMILES string of the molecule is C=C(C)CN1CC=C(c2ccc(F)c(OCc3ccc(Cl)cc3F)n2)CC1.CCC1CCO1.Cc1ccc([C-]=O)c(F)c1C.[U]. The van der Waals surface area contributed by atoms with Gasteiger partial charge >= 0.3 is 0 Å². The van der Waals surface area contributed by atoms with E-state index in [1.807, 2.05) is 6.92 Å². The van der Waals surface area contributed by atoms with Crippen molar-refractivity contribution >= 4 is 23.5 Å². The van der Waals surface area contributed by atoms with E-state index in [0.717, 1.165) is 49.4 Å². The van der Waals surface area contributed by atoms with Gasteiger partial charge in [0.25, 0.3) is 5.88 Å². The van der Waals surface area contributed by atoms with Crippen LogP contribution in [-0.4, -0.2) is 48.5 Å². The van der Waals surface area contributed by atoms with Crippen molar-refractivity contribution in [3.8, 4) is 5.88 Å². The summed E-state index contributed by atoms with van der Waals surface area (Å²) < 4.78 is 51.4. The van der Waals surface area contributed by atoms with Gasteiger partial charge in [0.2, 0.25) is 0 Å². The Morgan fingerprint density at radius 1 is 1.16 bits per heavy atom. The van der Waals surface area contributed by atoms with Crippen LogP contribution < -0.4 is 4.74 Å². The van der Waals surface area contributed by atoms with E-state index in [9.17, 15) is 18.0 Å². The Morgan fingerprint density at radius 3 is 2.42 bits per heavy atom. The van der Waals surface area contributed by atoms with Crippen LogP contribution in [0.2, 0.25) is 5.02 Å². The summed E-state index contributed by atoms with van der Waals surface area (Å²) in [6.07, 6.45) is 7.55. The average molecular weight is 866 g/mol.